The van der Waals surface area contributed by atoms with E-state index >= 15 is 0 Å². The summed E-state index contributed by atoms with van der Waals surface area (Å²) in [5.41, 5.74) is 2.24. The SMILES string of the molecule is CN=C(NCc1ccc(F)cc1CSC)NC1C2CCCOC2C1(C)C. The molecule has 1 aromatic rings. The first-order valence-electron chi connectivity index (χ1n) is 9.32. The zero-order valence-electron chi connectivity index (χ0n) is 16.1. The molecule has 0 amide bonds. The van der Waals surface area contributed by atoms with Crippen molar-refractivity contribution in [1.29, 1.82) is 0 Å². The molecule has 2 N–H and O–H groups in total. The zero-order valence-corrected chi connectivity index (χ0v) is 17.0. The predicted octanol–water partition coefficient (Wildman–Crippen LogP) is 3.56. The summed E-state index contributed by atoms with van der Waals surface area (Å²) in [6.45, 7) is 6.04. The van der Waals surface area contributed by atoms with Crippen molar-refractivity contribution in [3.63, 3.8) is 0 Å². The Bertz CT molecular complexity index is 664. The molecule has 144 valence electrons. The molecular weight excluding hydrogens is 349 g/mol. The summed E-state index contributed by atoms with van der Waals surface area (Å²) >= 11 is 1.70. The van der Waals surface area contributed by atoms with Crippen LogP contribution in [-0.2, 0) is 17.0 Å². The molecule has 2 fully saturated rings. The van der Waals surface area contributed by atoms with E-state index in [0.717, 1.165) is 35.9 Å². The van der Waals surface area contributed by atoms with Crippen LogP contribution in [-0.4, -0.2) is 38.0 Å². The van der Waals surface area contributed by atoms with Gasteiger partial charge in [0.1, 0.15) is 5.82 Å². The van der Waals surface area contributed by atoms with Crippen LogP contribution in [0.15, 0.2) is 23.2 Å². The van der Waals surface area contributed by atoms with E-state index in [9.17, 15) is 4.39 Å². The summed E-state index contributed by atoms with van der Waals surface area (Å²) in [6, 6.07) is 5.37. The lowest BCUT2D eigenvalue weighted by Crippen LogP contribution is -2.71. The first-order valence-corrected chi connectivity index (χ1v) is 10.7. The Morgan fingerprint density at radius 2 is 2.19 bits per heavy atom. The molecule has 0 bridgehead atoms. The number of guanidine groups is 1. The van der Waals surface area contributed by atoms with E-state index < -0.39 is 0 Å². The highest BCUT2D eigenvalue weighted by Gasteiger charge is 2.58. The number of benzene rings is 1. The van der Waals surface area contributed by atoms with Gasteiger partial charge in [-0.2, -0.15) is 11.8 Å². The van der Waals surface area contributed by atoms with Crippen LogP contribution in [0.1, 0.15) is 37.8 Å². The molecule has 26 heavy (non-hydrogen) atoms. The van der Waals surface area contributed by atoms with Crippen molar-refractivity contribution in [3.8, 4) is 0 Å². The molecule has 1 aliphatic heterocycles. The minimum Gasteiger partial charge on any atom is -0.377 e. The van der Waals surface area contributed by atoms with Gasteiger partial charge in [-0.25, -0.2) is 4.39 Å². The van der Waals surface area contributed by atoms with Crippen molar-refractivity contribution in [2.45, 2.75) is 51.1 Å². The molecule has 1 saturated heterocycles. The average molecular weight is 380 g/mol. The molecule has 3 atom stereocenters. The Hall–Kier alpha value is -1.27. The van der Waals surface area contributed by atoms with Crippen LogP contribution < -0.4 is 10.6 Å². The summed E-state index contributed by atoms with van der Waals surface area (Å²) < 4.78 is 19.5. The van der Waals surface area contributed by atoms with E-state index in [1.165, 1.54) is 12.5 Å². The molecule has 0 aromatic heterocycles. The van der Waals surface area contributed by atoms with Crippen LogP contribution in [0.4, 0.5) is 4.39 Å². The van der Waals surface area contributed by atoms with Crippen molar-refractivity contribution in [3.05, 3.63) is 35.1 Å². The van der Waals surface area contributed by atoms with E-state index in [4.69, 9.17) is 4.74 Å². The highest BCUT2D eigenvalue weighted by Crippen LogP contribution is 2.51. The summed E-state index contributed by atoms with van der Waals surface area (Å²) in [7, 11) is 1.79. The van der Waals surface area contributed by atoms with Crippen LogP contribution in [0.5, 0.6) is 0 Å². The fraction of sp³-hybridized carbons (Fsp3) is 0.650. The quantitative estimate of drug-likeness (QED) is 0.607. The number of hydrogen-bond acceptors (Lipinski definition) is 3. The van der Waals surface area contributed by atoms with Crippen LogP contribution in [0.25, 0.3) is 0 Å². The van der Waals surface area contributed by atoms with Gasteiger partial charge in [-0.3, -0.25) is 4.99 Å². The first-order chi connectivity index (χ1) is 12.5. The van der Waals surface area contributed by atoms with Crippen LogP contribution in [0.3, 0.4) is 0 Å². The minimum absolute atomic E-state index is 0.0998. The molecule has 1 heterocycles. The third-order valence-corrected chi connectivity index (χ3v) is 6.36. The minimum atomic E-state index is -0.181. The maximum atomic E-state index is 13.5. The molecule has 6 heteroatoms. The highest BCUT2D eigenvalue weighted by atomic mass is 32.2. The molecule has 3 rings (SSSR count). The number of nitrogens with one attached hydrogen (secondary N) is 2. The highest BCUT2D eigenvalue weighted by molar-refractivity contribution is 7.97. The smallest absolute Gasteiger partial charge is 0.191 e. The second kappa shape index (κ2) is 8.17. The molecule has 1 aliphatic carbocycles. The van der Waals surface area contributed by atoms with Crippen LogP contribution in [0.2, 0.25) is 0 Å². The topological polar surface area (TPSA) is 45.7 Å². The van der Waals surface area contributed by atoms with Crippen molar-refractivity contribution >= 4 is 17.7 Å². The van der Waals surface area contributed by atoms with E-state index in [2.05, 4.69) is 29.5 Å². The van der Waals surface area contributed by atoms with Gasteiger partial charge < -0.3 is 15.4 Å². The summed E-state index contributed by atoms with van der Waals surface area (Å²) in [4.78, 5) is 4.40. The first kappa shape index (κ1) is 19.5. The third kappa shape index (κ3) is 3.86. The van der Waals surface area contributed by atoms with E-state index in [-0.39, 0.29) is 11.2 Å². The molecule has 0 radical (unpaired) electrons. The Labute approximate surface area is 160 Å². The van der Waals surface area contributed by atoms with Gasteiger partial charge in [-0.05, 0) is 42.4 Å². The number of aliphatic imine (C=N–C) groups is 1. The van der Waals surface area contributed by atoms with Gasteiger partial charge in [-0.1, -0.05) is 19.9 Å². The largest absolute Gasteiger partial charge is 0.377 e. The number of halogens is 1. The maximum absolute atomic E-state index is 13.5. The summed E-state index contributed by atoms with van der Waals surface area (Å²) in [5, 5.41) is 7.01. The molecule has 3 unspecified atom stereocenters. The van der Waals surface area contributed by atoms with Crippen molar-refractivity contribution < 1.29 is 9.13 Å². The van der Waals surface area contributed by atoms with Crippen molar-refractivity contribution in [2.75, 3.05) is 19.9 Å². The Morgan fingerprint density at radius 3 is 2.92 bits per heavy atom. The molecule has 1 aromatic carbocycles. The van der Waals surface area contributed by atoms with E-state index in [1.807, 2.05) is 12.3 Å². The molecule has 2 aliphatic rings. The molecule has 1 saturated carbocycles. The van der Waals surface area contributed by atoms with Gasteiger partial charge in [0.25, 0.3) is 0 Å². The van der Waals surface area contributed by atoms with Crippen molar-refractivity contribution in [1.82, 2.24) is 10.6 Å². The van der Waals surface area contributed by atoms with Gasteiger partial charge in [0.05, 0.1) is 6.10 Å². The van der Waals surface area contributed by atoms with Gasteiger partial charge in [-0.15, -0.1) is 0 Å². The lowest BCUT2D eigenvalue weighted by molar-refractivity contribution is -0.188. The summed E-state index contributed by atoms with van der Waals surface area (Å²) in [5.74, 6) is 1.97. The van der Waals surface area contributed by atoms with E-state index in [1.54, 1.807) is 24.9 Å². The van der Waals surface area contributed by atoms with E-state index in [0.29, 0.717) is 24.6 Å². The molecule has 0 spiro atoms. The average Bonchev–Trinajstić information content (AvgIpc) is 2.63. The van der Waals surface area contributed by atoms with Gasteiger partial charge in [0.15, 0.2) is 5.96 Å². The normalized spacial score (nSPS) is 27.4. The van der Waals surface area contributed by atoms with Gasteiger partial charge in [0.2, 0.25) is 0 Å². The number of thioether (sulfide) groups is 1. The van der Waals surface area contributed by atoms with Crippen LogP contribution in [0, 0.1) is 17.2 Å². The fourth-order valence-electron chi connectivity index (χ4n) is 4.39. The standard InChI is InChI=1S/C20H30FN3OS/c1-20(2)17(16-6-5-9-25-18(16)20)24-19(22-3)23-11-13-7-8-15(21)10-14(13)12-26-4/h7-8,10,16-18H,5-6,9,11-12H2,1-4H3,(H2,22,23,24). The number of rotatable bonds is 5. The monoisotopic (exact) mass is 379 g/mol. The maximum Gasteiger partial charge on any atom is 0.191 e. The Kier molecular flexibility index (Phi) is 6.13. The Morgan fingerprint density at radius 1 is 1.38 bits per heavy atom. The zero-order chi connectivity index (χ0) is 18.7. The lowest BCUT2D eigenvalue weighted by atomic mass is 9.55. The van der Waals surface area contributed by atoms with Crippen molar-refractivity contribution in [2.24, 2.45) is 16.3 Å². The molecular formula is C20H30FN3OS. The predicted molar refractivity (Wildman–Crippen MR) is 107 cm³/mol. The number of hydrogen-bond donors (Lipinski definition) is 2. The number of fused-ring (bicyclic) bond motifs is 1. The summed E-state index contributed by atoms with van der Waals surface area (Å²) in [6.07, 6.45) is 4.72. The van der Waals surface area contributed by atoms with Gasteiger partial charge >= 0.3 is 0 Å². The second-order valence-electron chi connectivity index (χ2n) is 7.81. The second-order valence-corrected chi connectivity index (χ2v) is 8.68. The fourth-order valence-corrected chi connectivity index (χ4v) is 4.97. The number of nitrogens with zero attached hydrogens (tertiary/aromatic N) is 1. The Balaban J connectivity index is 1.62. The lowest BCUT2D eigenvalue weighted by Gasteiger charge is -2.60. The molecule has 4 nitrogen and oxygen atoms in total. The number of ether oxygens (including phenoxy) is 1. The van der Waals surface area contributed by atoms with Gasteiger partial charge in [0, 0.05) is 43.3 Å². The van der Waals surface area contributed by atoms with Crippen LogP contribution >= 0.6 is 11.8 Å². The third-order valence-electron chi connectivity index (χ3n) is 5.76.